The summed E-state index contributed by atoms with van der Waals surface area (Å²) in [5.41, 5.74) is 7.69. The van der Waals surface area contributed by atoms with Crippen LogP contribution in [0.1, 0.15) is 5.82 Å². The number of nitrogens with zero attached hydrogens (tertiary/aromatic N) is 2. The van der Waals surface area contributed by atoms with Gasteiger partial charge < -0.3 is 15.5 Å². The minimum absolute atomic E-state index is 0.331. The van der Waals surface area contributed by atoms with Crippen LogP contribution in [0.2, 0.25) is 5.02 Å². The molecule has 0 aliphatic carbocycles. The lowest BCUT2D eigenvalue weighted by Gasteiger charge is -2.03. The Morgan fingerprint density at radius 1 is 1.26 bits per heavy atom. The number of imidazole rings is 1. The maximum Gasteiger partial charge on any atom is 0.177 e. The highest BCUT2D eigenvalue weighted by atomic mass is 35.5. The molecule has 19 heavy (non-hydrogen) atoms. The van der Waals surface area contributed by atoms with E-state index in [1.54, 1.807) is 36.5 Å². The van der Waals surface area contributed by atoms with Crippen LogP contribution in [-0.2, 0) is 6.61 Å². The molecule has 0 unspecified atom stereocenters. The van der Waals surface area contributed by atoms with Crippen molar-refractivity contribution in [1.82, 2.24) is 15.0 Å². The third kappa shape index (κ3) is 2.61. The SMILES string of the molecule is Nc1cnc2nc(COc3ccc(Cl)cc3)[nH]c2c1. The van der Waals surface area contributed by atoms with Crippen molar-refractivity contribution >= 4 is 28.5 Å². The van der Waals surface area contributed by atoms with Crippen molar-refractivity contribution in [1.29, 1.82) is 0 Å². The van der Waals surface area contributed by atoms with Crippen molar-refractivity contribution in [2.24, 2.45) is 0 Å². The van der Waals surface area contributed by atoms with Gasteiger partial charge in [0.2, 0.25) is 0 Å². The maximum absolute atomic E-state index is 5.80. The molecule has 3 N–H and O–H groups in total. The van der Waals surface area contributed by atoms with Gasteiger partial charge in [-0.1, -0.05) is 11.6 Å². The summed E-state index contributed by atoms with van der Waals surface area (Å²) in [6.45, 7) is 0.331. The number of halogens is 1. The van der Waals surface area contributed by atoms with Crippen LogP contribution in [-0.4, -0.2) is 15.0 Å². The summed E-state index contributed by atoms with van der Waals surface area (Å²) in [6.07, 6.45) is 1.58. The summed E-state index contributed by atoms with van der Waals surface area (Å²) in [5, 5.41) is 0.677. The van der Waals surface area contributed by atoms with Gasteiger partial charge in [-0.05, 0) is 30.3 Å². The van der Waals surface area contributed by atoms with Gasteiger partial charge in [0.1, 0.15) is 18.2 Å². The fraction of sp³-hybridized carbons (Fsp3) is 0.0769. The van der Waals surface area contributed by atoms with Gasteiger partial charge in [0.15, 0.2) is 5.65 Å². The van der Waals surface area contributed by atoms with Crippen molar-refractivity contribution in [3.05, 3.63) is 47.4 Å². The number of fused-ring (bicyclic) bond motifs is 1. The molecule has 0 aliphatic rings. The summed E-state index contributed by atoms with van der Waals surface area (Å²) >= 11 is 5.80. The molecule has 2 heterocycles. The molecule has 0 saturated heterocycles. The second kappa shape index (κ2) is 4.78. The summed E-state index contributed by atoms with van der Waals surface area (Å²) in [5.74, 6) is 1.43. The second-order valence-corrected chi connectivity index (χ2v) is 4.50. The number of aromatic nitrogens is 3. The van der Waals surface area contributed by atoms with Crippen LogP contribution in [0.5, 0.6) is 5.75 Å². The first-order valence-corrected chi connectivity index (χ1v) is 6.07. The maximum atomic E-state index is 5.80. The molecule has 5 nitrogen and oxygen atoms in total. The van der Waals surface area contributed by atoms with Gasteiger partial charge in [-0.2, -0.15) is 0 Å². The van der Waals surface area contributed by atoms with Gasteiger partial charge in [-0.25, -0.2) is 9.97 Å². The average molecular weight is 275 g/mol. The fourth-order valence-corrected chi connectivity index (χ4v) is 1.84. The van der Waals surface area contributed by atoms with E-state index in [0.717, 1.165) is 11.3 Å². The smallest absolute Gasteiger partial charge is 0.177 e. The number of H-pyrrole nitrogens is 1. The molecule has 6 heteroatoms. The van der Waals surface area contributed by atoms with Crippen LogP contribution in [0, 0.1) is 0 Å². The van der Waals surface area contributed by atoms with E-state index in [1.165, 1.54) is 0 Å². The average Bonchev–Trinajstić information content (AvgIpc) is 2.80. The van der Waals surface area contributed by atoms with Crippen LogP contribution in [0.3, 0.4) is 0 Å². The Balaban J connectivity index is 1.76. The number of anilines is 1. The first kappa shape index (κ1) is 11.8. The molecular formula is C13H11ClN4O. The zero-order valence-corrected chi connectivity index (χ0v) is 10.7. The van der Waals surface area contributed by atoms with Gasteiger partial charge in [0, 0.05) is 5.02 Å². The van der Waals surface area contributed by atoms with Crippen molar-refractivity contribution in [2.75, 3.05) is 5.73 Å². The van der Waals surface area contributed by atoms with E-state index in [-0.39, 0.29) is 0 Å². The third-order valence-corrected chi connectivity index (χ3v) is 2.85. The molecule has 96 valence electrons. The number of hydrogen-bond acceptors (Lipinski definition) is 4. The minimum atomic E-state index is 0.331. The highest BCUT2D eigenvalue weighted by Crippen LogP contribution is 2.17. The monoisotopic (exact) mass is 274 g/mol. The van der Waals surface area contributed by atoms with E-state index in [0.29, 0.717) is 28.8 Å². The summed E-state index contributed by atoms with van der Waals surface area (Å²) in [7, 11) is 0. The standard InChI is InChI=1S/C13H11ClN4O/c14-8-1-3-10(4-2-8)19-7-12-17-11-5-9(15)6-16-13(11)18-12/h1-6H,7,15H2,(H,16,17,18). The third-order valence-electron chi connectivity index (χ3n) is 2.60. The number of benzene rings is 1. The Hall–Kier alpha value is -2.27. The first-order valence-electron chi connectivity index (χ1n) is 5.69. The summed E-state index contributed by atoms with van der Waals surface area (Å²) in [6, 6.07) is 8.96. The molecule has 0 atom stereocenters. The molecule has 0 amide bonds. The summed E-state index contributed by atoms with van der Waals surface area (Å²) in [4.78, 5) is 11.6. The van der Waals surface area contributed by atoms with Crippen LogP contribution >= 0.6 is 11.6 Å². The number of nitrogen functional groups attached to an aromatic ring is 1. The van der Waals surface area contributed by atoms with Crippen molar-refractivity contribution < 1.29 is 4.74 Å². The lowest BCUT2D eigenvalue weighted by Crippen LogP contribution is -1.97. The topological polar surface area (TPSA) is 76.8 Å². The Kier molecular flexibility index (Phi) is 2.97. The van der Waals surface area contributed by atoms with Crippen LogP contribution in [0.25, 0.3) is 11.2 Å². The molecule has 0 radical (unpaired) electrons. The normalized spacial score (nSPS) is 10.8. The van der Waals surface area contributed by atoms with Gasteiger partial charge in [-0.3, -0.25) is 0 Å². The number of ether oxygens (including phenoxy) is 1. The Bertz CT molecular complexity index is 708. The first-order chi connectivity index (χ1) is 9.20. The van der Waals surface area contributed by atoms with Crippen LogP contribution in [0.4, 0.5) is 5.69 Å². The van der Waals surface area contributed by atoms with E-state index >= 15 is 0 Å². The van der Waals surface area contributed by atoms with Crippen LogP contribution in [0.15, 0.2) is 36.5 Å². The van der Waals surface area contributed by atoms with Gasteiger partial charge in [-0.15, -0.1) is 0 Å². The minimum Gasteiger partial charge on any atom is -0.486 e. The molecule has 0 saturated carbocycles. The van der Waals surface area contributed by atoms with Gasteiger partial charge in [0.05, 0.1) is 17.4 Å². The van der Waals surface area contributed by atoms with E-state index < -0.39 is 0 Å². The number of hydrogen-bond donors (Lipinski definition) is 2. The van der Waals surface area contributed by atoms with Gasteiger partial charge >= 0.3 is 0 Å². The quantitative estimate of drug-likeness (QED) is 0.770. The highest BCUT2D eigenvalue weighted by molar-refractivity contribution is 6.30. The molecule has 0 aliphatic heterocycles. The number of rotatable bonds is 3. The summed E-state index contributed by atoms with van der Waals surface area (Å²) < 4.78 is 5.60. The molecule has 0 fully saturated rings. The molecular weight excluding hydrogens is 264 g/mol. The van der Waals surface area contributed by atoms with Gasteiger partial charge in [0.25, 0.3) is 0 Å². The predicted molar refractivity (Wildman–Crippen MR) is 74.1 cm³/mol. The van der Waals surface area contributed by atoms with E-state index in [2.05, 4.69) is 15.0 Å². The molecule has 1 aromatic carbocycles. The molecule has 3 rings (SSSR count). The highest BCUT2D eigenvalue weighted by Gasteiger charge is 2.05. The number of nitrogens with two attached hydrogens (primary N) is 1. The second-order valence-electron chi connectivity index (χ2n) is 4.07. The Morgan fingerprint density at radius 2 is 2.05 bits per heavy atom. The zero-order valence-electron chi connectivity index (χ0n) is 9.93. The van der Waals surface area contributed by atoms with E-state index in [4.69, 9.17) is 22.1 Å². The van der Waals surface area contributed by atoms with Crippen molar-refractivity contribution in [3.63, 3.8) is 0 Å². The van der Waals surface area contributed by atoms with Crippen LogP contribution < -0.4 is 10.5 Å². The zero-order chi connectivity index (χ0) is 13.2. The molecule has 3 aromatic rings. The Morgan fingerprint density at radius 3 is 2.84 bits per heavy atom. The Labute approximate surface area is 114 Å². The van der Waals surface area contributed by atoms with Crippen molar-refractivity contribution in [2.45, 2.75) is 6.61 Å². The fourth-order valence-electron chi connectivity index (χ4n) is 1.72. The molecule has 0 spiro atoms. The van der Waals surface area contributed by atoms with Crippen molar-refractivity contribution in [3.8, 4) is 5.75 Å². The largest absolute Gasteiger partial charge is 0.486 e. The lowest BCUT2D eigenvalue weighted by molar-refractivity contribution is 0.297. The lowest BCUT2D eigenvalue weighted by atomic mass is 10.3. The predicted octanol–water partition coefficient (Wildman–Crippen LogP) is 2.77. The van der Waals surface area contributed by atoms with E-state index in [1.807, 2.05) is 0 Å². The number of nitrogens with one attached hydrogen (secondary N) is 1. The molecule has 0 bridgehead atoms. The number of aromatic amines is 1. The molecule has 2 aromatic heterocycles. The number of pyridine rings is 1. The van der Waals surface area contributed by atoms with E-state index in [9.17, 15) is 0 Å².